The highest BCUT2D eigenvalue weighted by molar-refractivity contribution is 5.85. The second-order valence-corrected chi connectivity index (χ2v) is 5.05. The molecule has 1 heterocycles. The number of benzene rings is 1. The molecule has 1 amide bonds. The Bertz CT molecular complexity index is 443. The van der Waals surface area contributed by atoms with Crippen LogP contribution in [0.25, 0.3) is 0 Å². The van der Waals surface area contributed by atoms with Gasteiger partial charge in [-0.05, 0) is 29.5 Å². The second-order valence-electron chi connectivity index (χ2n) is 5.05. The molecule has 4 heteroatoms. The van der Waals surface area contributed by atoms with Gasteiger partial charge in [0, 0.05) is 25.6 Å². The molecule has 2 aliphatic rings. The summed E-state index contributed by atoms with van der Waals surface area (Å²) >= 11 is 0. The Morgan fingerprint density at radius 1 is 1.28 bits per heavy atom. The van der Waals surface area contributed by atoms with E-state index in [0.29, 0.717) is 6.54 Å². The molecule has 0 radical (unpaired) electrons. The van der Waals surface area contributed by atoms with Gasteiger partial charge in [-0.1, -0.05) is 24.6 Å². The van der Waals surface area contributed by atoms with Gasteiger partial charge >= 0.3 is 0 Å². The number of fused-ring (bicyclic) bond motifs is 1. The van der Waals surface area contributed by atoms with Crippen molar-refractivity contribution in [2.45, 2.75) is 38.9 Å². The van der Waals surface area contributed by atoms with E-state index in [0.717, 1.165) is 25.9 Å². The van der Waals surface area contributed by atoms with Crippen LogP contribution in [0.5, 0.6) is 0 Å². The SMILES string of the molecule is Cl.O=C(NCc1ccc2c(c1)CNC2)C1CCC1. The van der Waals surface area contributed by atoms with Gasteiger partial charge in [-0.3, -0.25) is 4.79 Å². The Morgan fingerprint density at radius 2 is 2.06 bits per heavy atom. The largest absolute Gasteiger partial charge is 0.352 e. The second kappa shape index (κ2) is 5.72. The third-order valence-corrected chi connectivity index (χ3v) is 3.84. The van der Waals surface area contributed by atoms with E-state index >= 15 is 0 Å². The molecule has 1 fully saturated rings. The van der Waals surface area contributed by atoms with Crippen LogP contribution in [0.15, 0.2) is 18.2 Å². The topological polar surface area (TPSA) is 41.1 Å². The van der Waals surface area contributed by atoms with Gasteiger partial charge in [0.15, 0.2) is 0 Å². The van der Waals surface area contributed by atoms with Gasteiger partial charge in [-0.15, -0.1) is 12.4 Å². The first-order valence-corrected chi connectivity index (χ1v) is 6.42. The van der Waals surface area contributed by atoms with Crippen molar-refractivity contribution in [3.8, 4) is 0 Å². The zero-order valence-electron chi connectivity index (χ0n) is 10.4. The maximum Gasteiger partial charge on any atom is 0.223 e. The average Bonchev–Trinajstić information content (AvgIpc) is 2.71. The van der Waals surface area contributed by atoms with Gasteiger partial charge in [0.2, 0.25) is 5.91 Å². The van der Waals surface area contributed by atoms with Crippen LogP contribution >= 0.6 is 12.4 Å². The number of hydrogen-bond acceptors (Lipinski definition) is 2. The average molecular weight is 267 g/mol. The lowest BCUT2D eigenvalue weighted by atomic mass is 9.85. The van der Waals surface area contributed by atoms with Gasteiger partial charge in [0.1, 0.15) is 0 Å². The molecule has 3 nitrogen and oxygen atoms in total. The van der Waals surface area contributed by atoms with Gasteiger partial charge in [-0.2, -0.15) is 0 Å². The fourth-order valence-corrected chi connectivity index (χ4v) is 2.46. The lowest BCUT2D eigenvalue weighted by molar-refractivity contribution is -0.127. The Labute approximate surface area is 114 Å². The summed E-state index contributed by atoms with van der Waals surface area (Å²) in [5.74, 6) is 0.515. The summed E-state index contributed by atoms with van der Waals surface area (Å²) in [6.07, 6.45) is 3.35. The molecule has 0 bridgehead atoms. The lowest BCUT2D eigenvalue weighted by Crippen LogP contribution is -2.33. The van der Waals surface area contributed by atoms with Crippen molar-refractivity contribution in [1.82, 2.24) is 10.6 Å². The summed E-state index contributed by atoms with van der Waals surface area (Å²) < 4.78 is 0. The first kappa shape index (κ1) is 13.4. The predicted octanol–water partition coefficient (Wildman–Crippen LogP) is 2.13. The molecule has 98 valence electrons. The molecule has 2 N–H and O–H groups in total. The molecule has 1 saturated carbocycles. The van der Waals surface area contributed by atoms with Crippen LogP contribution in [0.2, 0.25) is 0 Å². The lowest BCUT2D eigenvalue weighted by Gasteiger charge is -2.24. The van der Waals surface area contributed by atoms with Gasteiger partial charge in [0.05, 0.1) is 0 Å². The Balaban J connectivity index is 0.00000120. The quantitative estimate of drug-likeness (QED) is 0.880. The number of amides is 1. The van der Waals surface area contributed by atoms with Crippen LogP contribution in [-0.2, 0) is 24.4 Å². The van der Waals surface area contributed by atoms with Gasteiger partial charge in [0.25, 0.3) is 0 Å². The van der Waals surface area contributed by atoms with E-state index in [9.17, 15) is 4.79 Å². The van der Waals surface area contributed by atoms with Crippen LogP contribution in [0.4, 0.5) is 0 Å². The summed E-state index contributed by atoms with van der Waals surface area (Å²) in [4.78, 5) is 11.7. The number of hydrogen-bond donors (Lipinski definition) is 2. The molecular formula is C14H19ClN2O. The van der Waals surface area contributed by atoms with E-state index < -0.39 is 0 Å². The molecule has 0 aromatic heterocycles. The van der Waals surface area contributed by atoms with E-state index in [-0.39, 0.29) is 24.2 Å². The Kier molecular flexibility index (Phi) is 4.25. The minimum absolute atomic E-state index is 0. The number of nitrogens with one attached hydrogen (secondary N) is 2. The highest BCUT2D eigenvalue weighted by Crippen LogP contribution is 2.26. The zero-order chi connectivity index (χ0) is 11.7. The minimum atomic E-state index is 0. The molecule has 1 aromatic rings. The van der Waals surface area contributed by atoms with E-state index in [1.807, 2.05) is 0 Å². The molecule has 1 aliphatic heterocycles. The van der Waals surface area contributed by atoms with Gasteiger partial charge < -0.3 is 10.6 Å². The number of carbonyl (C=O) groups is 1. The first-order chi connectivity index (χ1) is 8.33. The fourth-order valence-electron chi connectivity index (χ4n) is 2.46. The number of rotatable bonds is 3. The van der Waals surface area contributed by atoms with Crippen molar-refractivity contribution in [3.05, 3.63) is 34.9 Å². The predicted molar refractivity (Wildman–Crippen MR) is 73.4 cm³/mol. The highest BCUT2D eigenvalue weighted by atomic mass is 35.5. The standard InChI is InChI=1S/C14H18N2O.ClH/c17-14(11-2-1-3-11)16-7-10-4-5-12-8-15-9-13(12)6-10;/h4-6,11,15H,1-3,7-9H2,(H,16,17);1H. The van der Waals surface area contributed by atoms with Crippen LogP contribution in [0, 0.1) is 5.92 Å². The maximum atomic E-state index is 11.7. The van der Waals surface area contributed by atoms with Crippen LogP contribution in [-0.4, -0.2) is 5.91 Å². The first-order valence-electron chi connectivity index (χ1n) is 6.42. The number of carbonyl (C=O) groups excluding carboxylic acids is 1. The molecule has 3 rings (SSSR count). The molecular weight excluding hydrogens is 248 g/mol. The third kappa shape index (κ3) is 2.68. The van der Waals surface area contributed by atoms with Crippen LogP contribution in [0.3, 0.4) is 0 Å². The van der Waals surface area contributed by atoms with Crippen molar-refractivity contribution < 1.29 is 4.79 Å². The monoisotopic (exact) mass is 266 g/mol. The maximum absolute atomic E-state index is 11.7. The molecule has 0 saturated heterocycles. The van der Waals surface area contributed by atoms with Crippen LogP contribution in [0.1, 0.15) is 36.0 Å². The van der Waals surface area contributed by atoms with Gasteiger partial charge in [-0.25, -0.2) is 0 Å². The molecule has 1 aliphatic carbocycles. The highest BCUT2D eigenvalue weighted by Gasteiger charge is 2.24. The summed E-state index contributed by atoms with van der Waals surface area (Å²) in [6, 6.07) is 6.49. The molecule has 0 atom stereocenters. The van der Waals surface area contributed by atoms with Crippen LogP contribution < -0.4 is 10.6 Å². The summed E-state index contributed by atoms with van der Waals surface area (Å²) in [5, 5.41) is 6.36. The zero-order valence-corrected chi connectivity index (χ0v) is 11.2. The van der Waals surface area contributed by atoms with Crippen molar-refractivity contribution in [2.75, 3.05) is 0 Å². The fraction of sp³-hybridized carbons (Fsp3) is 0.500. The summed E-state index contributed by atoms with van der Waals surface area (Å²) in [7, 11) is 0. The minimum Gasteiger partial charge on any atom is -0.352 e. The normalized spacial score (nSPS) is 17.6. The Morgan fingerprint density at radius 3 is 2.78 bits per heavy atom. The molecule has 18 heavy (non-hydrogen) atoms. The van der Waals surface area contributed by atoms with E-state index in [1.165, 1.54) is 23.1 Å². The molecule has 1 aromatic carbocycles. The van der Waals surface area contributed by atoms with Crippen molar-refractivity contribution in [2.24, 2.45) is 5.92 Å². The molecule has 0 spiro atoms. The third-order valence-electron chi connectivity index (χ3n) is 3.84. The van der Waals surface area contributed by atoms with E-state index in [2.05, 4.69) is 28.8 Å². The Hall–Kier alpha value is -1.06. The van der Waals surface area contributed by atoms with E-state index in [1.54, 1.807) is 0 Å². The van der Waals surface area contributed by atoms with Crippen molar-refractivity contribution in [1.29, 1.82) is 0 Å². The van der Waals surface area contributed by atoms with Crippen molar-refractivity contribution in [3.63, 3.8) is 0 Å². The summed E-state index contributed by atoms with van der Waals surface area (Å²) in [6.45, 7) is 2.60. The smallest absolute Gasteiger partial charge is 0.223 e. The summed E-state index contributed by atoms with van der Waals surface area (Å²) in [5.41, 5.74) is 3.97. The molecule has 0 unspecified atom stereocenters. The van der Waals surface area contributed by atoms with E-state index in [4.69, 9.17) is 0 Å². The van der Waals surface area contributed by atoms with Crippen molar-refractivity contribution >= 4 is 18.3 Å². The number of halogens is 1.